The van der Waals surface area contributed by atoms with Gasteiger partial charge in [0.2, 0.25) is 5.91 Å². The topological polar surface area (TPSA) is 94.1 Å². The molecule has 43 heavy (non-hydrogen) atoms. The van der Waals surface area contributed by atoms with Crippen molar-refractivity contribution in [3.05, 3.63) is 72.0 Å². The van der Waals surface area contributed by atoms with Gasteiger partial charge in [-0.25, -0.2) is 0 Å². The number of likely N-dealkylation sites (N-methyl/N-ethyl adjacent to an activating group) is 1. The van der Waals surface area contributed by atoms with Crippen LogP contribution >= 0.6 is 0 Å². The molecule has 1 fully saturated rings. The van der Waals surface area contributed by atoms with Crippen molar-refractivity contribution < 1.29 is 14.6 Å². The van der Waals surface area contributed by atoms with Crippen LogP contribution in [-0.4, -0.2) is 77.8 Å². The van der Waals surface area contributed by atoms with Crippen molar-refractivity contribution in [2.75, 3.05) is 49.6 Å². The summed E-state index contributed by atoms with van der Waals surface area (Å²) in [5.41, 5.74) is 4.20. The van der Waals surface area contributed by atoms with Gasteiger partial charge in [-0.1, -0.05) is 42.5 Å². The van der Waals surface area contributed by atoms with E-state index in [1.165, 1.54) is 11.6 Å². The predicted molar refractivity (Wildman–Crippen MR) is 173 cm³/mol. The number of carbonyl (C=O) groups excluding carboxylic acids is 1. The van der Waals surface area contributed by atoms with Gasteiger partial charge in [0, 0.05) is 54.4 Å². The number of phenols is 1. The van der Waals surface area contributed by atoms with Crippen LogP contribution in [0.3, 0.4) is 0 Å². The minimum atomic E-state index is -0.196. The Morgan fingerprint density at radius 3 is 2.84 bits per heavy atom. The Bertz CT molecular complexity index is 1500. The maximum absolute atomic E-state index is 12.0. The number of phenolic OH excluding ortho intramolecular Hbond substituents is 1. The van der Waals surface area contributed by atoms with Crippen LogP contribution in [0.15, 0.2) is 60.7 Å². The van der Waals surface area contributed by atoms with E-state index in [2.05, 4.69) is 59.6 Å². The maximum Gasteiger partial charge on any atom is 0.318 e. The van der Waals surface area contributed by atoms with Crippen LogP contribution in [-0.2, 0) is 17.8 Å². The number of nitrogens with zero attached hydrogens (tertiary/aromatic N) is 5. The zero-order valence-electron chi connectivity index (χ0n) is 25.8. The number of likely N-dealkylation sites (tertiary alicyclic amines) is 1. The molecule has 2 aliphatic rings. The van der Waals surface area contributed by atoms with Crippen LogP contribution in [0.1, 0.15) is 44.9 Å². The molecule has 9 heteroatoms. The van der Waals surface area contributed by atoms with E-state index in [1.807, 2.05) is 31.2 Å². The molecule has 2 atom stereocenters. The fourth-order valence-corrected chi connectivity index (χ4v) is 6.02. The number of aromatic nitrogens is 2. The van der Waals surface area contributed by atoms with Gasteiger partial charge in [-0.3, -0.25) is 4.79 Å². The van der Waals surface area contributed by atoms with Gasteiger partial charge in [-0.2, -0.15) is 9.97 Å². The monoisotopic (exact) mass is 584 g/mol. The molecule has 1 saturated heterocycles. The van der Waals surface area contributed by atoms with Gasteiger partial charge in [0.05, 0.1) is 12.2 Å². The molecule has 2 N–H and O–H groups in total. The van der Waals surface area contributed by atoms with Gasteiger partial charge in [0.15, 0.2) is 0 Å². The number of nitrogens with one attached hydrogen (secondary N) is 1. The summed E-state index contributed by atoms with van der Waals surface area (Å²) in [6.07, 6.45) is 6.40. The standard InChI is InChI=1S/C34H44N6O3/c1-6-23(3)20-40(24(4)19-35-32(42)7-2)33-29-14-16-39(31-18-27(41)17-25-11-8-9-13-28(25)31)21-30(29)36-34(37-33)43-22-26-12-10-15-38(26)5/h6-9,11,13,17-18,24,26,41H,2,10,12,14-16,19-22H2,1,3-5H3,(H,35,42)/b23-6-/t24-,26-/m0/s1. The normalized spacial score (nSPS) is 17.9. The molecule has 0 saturated carbocycles. The van der Waals surface area contributed by atoms with Crippen LogP contribution < -0.4 is 19.9 Å². The highest BCUT2D eigenvalue weighted by atomic mass is 16.5. The van der Waals surface area contributed by atoms with Crippen molar-refractivity contribution in [1.82, 2.24) is 20.2 Å². The van der Waals surface area contributed by atoms with Crippen molar-refractivity contribution >= 4 is 28.2 Å². The second kappa shape index (κ2) is 13.5. The second-order valence-corrected chi connectivity index (χ2v) is 11.8. The minimum Gasteiger partial charge on any atom is -0.508 e. The van der Waals surface area contributed by atoms with Crippen LogP contribution in [0.2, 0.25) is 0 Å². The van der Waals surface area contributed by atoms with Crippen LogP contribution in [0, 0.1) is 0 Å². The number of hydrogen-bond acceptors (Lipinski definition) is 8. The van der Waals surface area contributed by atoms with E-state index in [0.29, 0.717) is 38.3 Å². The molecule has 0 aliphatic carbocycles. The highest BCUT2D eigenvalue weighted by Crippen LogP contribution is 2.37. The molecule has 2 aromatic carbocycles. The molecule has 1 amide bonds. The minimum absolute atomic E-state index is 0.0420. The van der Waals surface area contributed by atoms with Gasteiger partial charge < -0.3 is 29.9 Å². The number of anilines is 2. The second-order valence-electron chi connectivity index (χ2n) is 11.8. The largest absolute Gasteiger partial charge is 0.508 e. The van der Waals surface area contributed by atoms with E-state index in [4.69, 9.17) is 14.7 Å². The molecule has 3 aromatic rings. The van der Waals surface area contributed by atoms with E-state index in [0.717, 1.165) is 65.9 Å². The van der Waals surface area contributed by atoms with E-state index in [1.54, 1.807) is 6.07 Å². The number of carbonyl (C=O) groups is 1. The molecule has 2 aliphatic heterocycles. The number of allylic oxidation sites excluding steroid dienone is 1. The first-order chi connectivity index (χ1) is 20.8. The molecule has 0 bridgehead atoms. The summed E-state index contributed by atoms with van der Waals surface area (Å²) in [5, 5.41) is 15.6. The molecular weight excluding hydrogens is 540 g/mol. The molecule has 1 aromatic heterocycles. The number of benzene rings is 2. The highest BCUT2D eigenvalue weighted by molar-refractivity contribution is 5.95. The molecule has 228 valence electrons. The van der Waals surface area contributed by atoms with E-state index < -0.39 is 0 Å². The molecular formula is C34H44N6O3. The Morgan fingerprint density at radius 2 is 2.09 bits per heavy atom. The first kappa shape index (κ1) is 30.4. The summed E-state index contributed by atoms with van der Waals surface area (Å²) in [6.45, 7) is 13.9. The van der Waals surface area contributed by atoms with Crippen LogP contribution in [0.5, 0.6) is 11.8 Å². The fourth-order valence-electron chi connectivity index (χ4n) is 6.02. The molecule has 0 spiro atoms. The van der Waals surface area contributed by atoms with Gasteiger partial charge in [0.1, 0.15) is 18.2 Å². The Kier molecular flexibility index (Phi) is 9.50. The third-order valence-electron chi connectivity index (χ3n) is 8.74. The van der Waals surface area contributed by atoms with Crippen LogP contribution in [0.25, 0.3) is 10.8 Å². The predicted octanol–water partition coefficient (Wildman–Crippen LogP) is 4.83. The Morgan fingerprint density at radius 1 is 1.28 bits per heavy atom. The number of ether oxygens (including phenoxy) is 1. The summed E-state index contributed by atoms with van der Waals surface area (Å²) in [5.74, 6) is 0.899. The number of aromatic hydroxyl groups is 1. The smallest absolute Gasteiger partial charge is 0.318 e. The third-order valence-corrected chi connectivity index (χ3v) is 8.74. The molecule has 3 heterocycles. The van der Waals surface area contributed by atoms with Gasteiger partial charge in [-0.05, 0) is 71.2 Å². The quantitative estimate of drug-likeness (QED) is 0.245. The lowest BCUT2D eigenvalue weighted by Crippen LogP contribution is -2.44. The number of hydrogen-bond donors (Lipinski definition) is 2. The van der Waals surface area contributed by atoms with E-state index in [9.17, 15) is 9.90 Å². The molecule has 0 radical (unpaired) electrons. The van der Waals surface area contributed by atoms with Gasteiger partial charge in [0.25, 0.3) is 0 Å². The zero-order valence-corrected chi connectivity index (χ0v) is 25.8. The molecule has 9 nitrogen and oxygen atoms in total. The van der Waals surface area contributed by atoms with Crippen molar-refractivity contribution in [2.45, 2.75) is 58.7 Å². The van der Waals surface area contributed by atoms with Crippen molar-refractivity contribution in [2.24, 2.45) is 0 Å². The average molecular weight is 585 g/mol. The van der Waals surface area contributed by atoms with Crippen molar-refractivity contribution in [1.29, 1.82) is 0 Å². The van der Waals surface area contributed by atoms with E-state index >= 15 is 0 Å². The van der Waals surface area contributed by atoms with Gasteiger partial charge in [-0.15, -0.1) is 0 Å². The highest BCUT2D eigenvalue weighted by Gasteiger charge is 2.29. The maximum atomic E-state index is 12.0. The Balaban J connectivity index is 1.53. The van der Waals surface area contributed by atoms with Crippen molar-refractivity contribution in [3.8, 4) is 11.8 Å². The summed E-state index contributed by atoms with van der Waals surface area (Å²) < 4.78 is 6.33. The number of rotatable bonds is 11. The summed E-state index contributed by atoms with van der Waals surface area (Å²) in [6, 6.07) is 12.5. The summed E-state index contributed by atoms with van der Waals surface area (Å²) >= 11 is 0. The summed E-state index contributed by atoms with van der Waals surface area (Å²) in [7, 11) is 2.14. The lowest BCUT2D eigenvalue weighted by Gasteiger charge is -2.36. The van der Waals surface area contributed by atoms with Crippen LogP contribution in [0.4, 0.5) is 11.5 Å². The lowest BCUT2D eigenvalue weighted by molar-refractivity contribution is -0.116. The van der Waals surface area contributed by atoms with Crippen molar-refractivity contribution in [3.63, 3.8) is 0 Å². The average Bonchev–Trinajstić information content (AvgIpc) is 3.44. The Hall–Kier alpha value is -4.11. The fraction of sp³-hybridized carbons (Fsp3) is 0.441. The Labute approximate surface area is 254 Å². The lowest BCUT2D eigenvalue weighted by atomic mass is 10.0. The number of amides is 1. The van der Waals surface area contributed by atoms with E-state index in [-0.39, 0.29) is 17.7 Å². The first-order valence-corrected chi connectivity index (χ1v) is 15.3. The zero-order chi connectivity index (χ0) is 30.5. The third kappa shape index (κ3) is 6.94. The molecule has 0 unspecified atom stereocenters. The summed E-state index contributed by atoms with van der Waals surface area (Å²) in [4.78, 5) is 28.9. The first-order valence-electron chi connectivity index (χ1n) is 15.3. The number of fused-ring (bicyclic) bond motifs is 2. The van der Waals surface area contributed by atoms with Gasteiger partial charge >= 0.3 is 6.01 Å². The molecule has 5 rings (SSSR count). The SMILES string of the molecule is C=CC(=O)NC[C@H](C)N(C/C(C)=C\C)c1nc(OC[C@@H]2CCCN2C)nc2c1CCN(c1cc(O)cc3ccccc13)C2.